The molecule has 0 bridgehead atoms. The van der Waals surface area contributed by atoms with Gasteiger partial charge in [0, 0.05) is 25.7 Å². The number of rotatable bonds is 10. The van der Waals surface area contributed by atoms with Gasteiger partial charge in [0.1, 0.15) is 11.5 Å². The summed E-state index contributed by atoms with van der Waals surface area (Å²) < 4.78 is 1.42. The van der Waals surface area contributed by atoms with Crippen molar-refractivity contribution in [1.29, 1.82) is 0 Å². The number of hydrogen-bond donors (Lipinski definition) is 2. The zero-order valence-electron chi connectivity index (χ0n) is 19.1. The van der Waals surface area contributed by atoms with E-state index in [1.54, 1.807) is 4.90 Å². The van der Waals surface area contributed by atoms with Gasteiger partial charge >= 0.3 is 5.69 Å². The molecule has 1 aromatic rings. The highest BCUT2D eigenvalue weighted by Crippen LogP contribution is 2.22. The van der Waals surface area contributed by atoms with E-state index in [9.17, 15) is 14.4 Å². The number of piperidine rings is 1. The number of aromatic amines is 1. The molecule has 1 aliphatic rings. The number of nitrogens with zero attached hydrogens (tertiary/aromatic N) is 3. The van der Waals surface area contributed by atoms with Gasteiger partial charge in [0.15, 0.2) is 0 Å². The van der Waals surface area contributed by atoms with E-state index in [0.29, 0.717) is 19.0 Å². The maximum atomic E-state index is 13.2. The Morgan fingerprint density at radius 3 is 2.63 bits per heavy atom. The molecule has 0 saturated carbocycles. The monoisotopic (exact) mass is 421 g/mol. The Morgan fingerprint density at radius 1 is 1.27 bits per heavy atom. The minimum absolute atomic E-state index is 0.0235. The van der Waals surface area contributed by atoms with Crippen molar-refractivity contribution in [3.63, 3.8) is 0 Å². The molecule has 1 atom stereocenters. The van der Waals surface area contributed by atoms with Crippen molar-refractivity contribution in [1.82, 2.24) is 14.5 Å². The smallest absolute Gasteiger partial charge is 0.330 e. The SMILES string of the molecule is CCCCn1c(N)c(N(CCC(C)C)CC(=O)N2CCCCC2CC)c(=O)[nH]c1=O. The standard InChI is InChI=1S/C22H39N5O3/c1-5-7-12-27-20(23)19(21(29)24-22(27)30)25(14-11-16(3)4)15-18(28)26-13-9-8-10-17(26)6-2/h16-17H,5-15,23H2,1-4H3,(H,24,29,30). The number of nitrogen functional groups attached to an aromatic ring is 1. The fourth-order valence-electron chi connectivity index (χ4n) is 4.11. The number of likely N-dealkylation sites (tertiary alicyclic amines) is 1. The Morgan fingerprint density at radius 2 is 2.00 bits per heavy atom. The summed E-state index contributed by atoms with van der Waals surface area (Å²) in [6.45, 7) is 10.2. The average Bonchev–Trinajstić information content (AvgIpc) is 2.71. The number of amides is 1. The van der Waals surface area contributed by atoms with Crippen LogP contribution in [0.5, 0.6) is 0 Å². The number of carbonyl (C=O) groups is 1. The lowest BCUT2D eigenvalue weighted by molar-refractivity contribution is -0.133. The molecular formula is C22H39N5O3. The molecule has 2 heterocycles. The Labute approximate surface area is 179 Å². The molecule has 8 nitrogen and oxygen atoms in total. The lowest BCUT2D eigenvalue weighted by Gasteiger charge is -2.37. The topological polar surface area (TPSA) is 104 Å². The van der Waals surface area contributed by atoms with Crippen molar-refractivity contribution < 1.29 is 4.79 Å². The summed E-state index contributed by atoms with van der Waals surface area (Å²) in [5, 5.41) is 0. The van der Waals surface area contributed by atoms with Crippen LogP contribution < -0.4 is 21.9 Å². The summed E-state index contributed by atoms with van der Waals surface area (Å²) >= 11 is 0. The van der Waals surface area contributed by atoms with Gasteiger partial charge in [0.05, 0.1) is 6.54 Å². The molecule has 1 saturated heterocycles. The number of H-pyrrole nitrogens is 1. The summed E-state index contributed by atoms with van der Waals surface area (Å²) in [5.41, 5.74) is 5.54. The van der Waals surface area contributed by atoms with Crippen LogP contribution in [-0.4, -0.2) is 46.0 Å². The molecule has 1 fully saturated rings. The van der Waals surface area contributed by atoms with Gasteiger partial charge in [0.2, 0.25) is 5.91 Å². The molecule has 0 radical (unpaired) electrons. The average molecular weight is 422 g/mol. The fourth-order valence-corrected chi connectivity index (χ4v) is 4.11. The van der Waals surface area contributed by atoms with E-state index in [-0.39, 0.29) is 30.0 Å². The van der Waals surface area contributed by atoms with E-state index in [0.717, 1.165) is 51.5 Å². The van der Waals surface area contributed by atoms with Crippen molar-refractivity contribution >= 4 is 17.4 Å². The van der Waals surface area contributed by atoms with Crippen molar-refractivity contribution in [3.8, 4) is 0 Å². The molecule has 0 aliphatic carbocycles. The second-order valence-electron chi connectivity index (χ2n) is 8.75. The lowest BCUT2D eigenvalue weighted by Crippen LogP contribution is -2.49. The molecule has 170 valence electrons. The third-order valence-electron chi connectivity index (χ3n) is 5.99. The van der Waals surface area contributed by atoms with Gasteiger partial charge in [-0.2, -0.15) is 0 Å². The van der Waals surface area contributed by atoms with Crippen molar-refractivity contribution in [3.05, 3.63) is 20.8 Å². The van der Waals surface area contributed by atoms with Gasteiger partial charge in [-0.1, -0.05) is 34.1 Å². The minimum Gasteiger partial charge on any atom is -0.383 e. The predicted molar refractivity (Wildman–Crippen MR) is 122 cm³/mol. The van der Waals surface area contributed by atoms with E-state index < -0.39 is 11.2 Å². The van der Waals surface area contributed by atoms with Crippen LogP contribution in [0.3, 0.4) is 0 Å². The number of anilines is 2. The number of unbranched alkanes of at least 4 members (excludes halogenated alkanes) is 1. The van der Waals surface area contributed by atoms with E-state index in [1.165, 1.54) is 4.57 Å². The molecular weight excluding hydrogens is 382 g/mol. The van der Waals surface area contributed by atoms with Gasteiger partial charge < -0.3 is 15.5 Å². The maximum absolute atomic E-state index is 13.2. The third-order valence-corrected chi connectivity index (χ3v) is 5.99. The number of nitrogens with two attached hydrogens (primary N) is 1. The quantitative estimate of drug-likeness (QED) is 0.604. The third kappa shape index (κ3) is 5.89. The summed E-state index contributed by atoms with van der Waals surface area (Å²) in [4.78, 5) is 44.4. The molecule has 1 amide bonds. The molecule has 1 aromatic heterocycles. The molecule has 0 aromatic carbocycles. The first-order valence-electron chi connectivity index (χ1n) is 11.5. The molecule has 30 heavy (non-hydrogen) atoms. The summed E-state index contributed by atoms with van der Waals surface area (Å²) in [5.74, 6) is 0.585. The van der Waals surface area contributed by atoms with E-state index >= 15 is 0 Å². The first-order valence-corrected chi connectivity index (χ1v) is 11.5. The number of hydrogen-bond acceptors (Lipinski definition) is 5. The van der Waals surface area contributed by atoms with Gasteiger partial charge in [-0.15, -0.1) is 0 Å². The molecule has 1 aliphatic heterocycles. The number of nitrogens with one attached hydrogen (secondary N) is 1. The van der Waals surface area contributed by atoms with Crippen molar-refractivity contribution in [2.45, 2.75) is 85.2 Å². The van der Waals surface area contributed by atoms with E-state index in [4.69, 9.17) is 5.73 Å². The second-order valence-corrected chi connectivity index (χ2v) is 8.75. The zero-order valence-corrected chi connectivity index (χ0v) is 19.1. The number of aromatic nitrogens is 2. The van der Waals surface area contributed by atoms with Crippen molar-refractivity contribution in [2.75, 3.05) is 30.3 Å². The van der Waals surface area contributed by atoms with Crippen LogP contribution in [-0.2, 0) is 11.3 Å². The molecule has 2 rings (SSSR count). The highest BCUT2D eigenvalue weighted by atomic mass is 16.2. The van der Waals surface area contributed by atoms with Gasteiger partial charge in [-0.25, -0.2) is 4.79 Å². The van der Waals surface area contributed by atoms with Crippen LogP contribution >= 0.6 is 0 Å². The molecule has 0 spiro atoms. The molecule has 3 N–H and O–H groups in total. The second kappa shape index (κ2) is 11.2. The Hall–Kier alpha value is -2.25. The van der Waals surface area contributed by atoms with Gasteiger partial charge in [0.25, 0.3) is 5.56 Å². The first kappa shape index (κ1) is 24.0. The molecule has 8 heteroatoms. The van der Waals surface area contributed by atoms with Crippen LogP contribution in [0.25, 0.3) is 0 Å². The van der Waals surface area contributed by atoms with Crippen LogP contribution in [0, 0.1) is 5.92 Å². The van der Waals surface area contributed by atoms with Gasteiger partial charge in [-0.05, 0) is 44.4 Å². The molecule has 1 unspecified atom stereocenters. The summed E-state index contributed by atoms with van der Waals surface area (Å²) in [7, 11) is 0. The largest absolute Gasteiger partial charge is 0.383 e. The van der Waals surface area contributed by atoms with Crippen LogP contribution in [0.2, 0.25) is 0 Å². The highest BCUT2D eigenvalue weighted by molar-refractivity contribution is 5.83. The van der Waals surface area contributed by atoms with Crippen LogP contribution in [0.15, 0.2) is 9.59 Å². The van der Waals surface area contributed by atoms with E-state index in [2.05, 4.69) is 25.8 Å². The lowest BCUT2D eigenvalue weighted by atomic mass is 10.00. The zero-order chi connectivity index (χ0) is 22.3. The van der Waals surface area contributed by atoms with Crippen LogP contribution in [0.1, 0.15) is 72.6 Å². The Balaban J connectivity index is 2.37. The fraction of sp³-hybridized carbons (Fsp3) is 0.773. The Bertz CT molecular complexity index is 814. The normalized spacial score (nSPS) is 16.8. The summed E-state index contributed by atoms with van der Waals surface area (Å²) in [6.07, 6.45) is 6.63. The van der Waals surface area contributed by atoms with Crippen LogP contribution in [0.4, 0.5) is 11.5 Å². The van der Waals surface area contributed by atoms with E-state index in [1.807, 2.05) is 11.8 Å². The maximum Gasteiger partial charge on any atom is 0.330 e. The Kier molecular flexibility index (Phi) is 8.99. The first-order chi connectivity index (χ1) is 14.3. The summed E-state index contributed by atoms with van der Waals surface area (Å²) in [6, 6.07) is 0.257. The van der Waals surface area contributed by atoms with Crippen molar-refractivity contribution in [2.24, 2.45) is 5.92 Å². The minimum atomic E-state index is -0.521. The predicted octanol–water partition coefficient (Wildman–Crippen LogP) is 2.56. The van der Waals surface area contributed by atoms with Gasteiger partial charge in [-0.3, -0.25) is 19.1 Å². The highest BCUT2D eigenvalue weighted by Gasteiger charge is 2.28. The number of carbonyl (C=O) groups excluding carboxylic acids is 1.